The Hall–Kier alpha value is -2.09. The predicted octanol–water partition coefficient (Wildman–Crippen LogP) is 0.782. The van der Waals surface area contributed by atoms with Gasteiger partial charge in [-0.15, -0.1) is 0 Å². The molecule has 0 aliphatic heterocycles. The van der Waals surface area contributed by atoms with Gasteiger partial charge in [0.15, 0.2) is 0 Å². The molecule has 0 saturated carbocycles. The molecule has 1 rings (SSSR count). The number of nitriles is 1. The fourth-order valence-electron chi connectivity index (χ4n) is 1.25. The number of carbonyl (C=O) groups is 1. The van der Waals surface area contributed by atoms with Crippen LogP contribution in [0.3, 0.4) is 0 Å². The highest BCUT2D eigenvalue weighted by atomic mass is 16.4. The summed E-state index contributed by atoms with van der Waals surface area (Å²) < 4.78 is 0. The second-order valence-electron chi connectivity index (χ2n) is 3.19. The van der Waals surface area contributed by atoms with Crippen molar-refractivity contribution in [1.29, 1.82) is 5.26 Å². The van der Waals surface area contributed by atoms with Gasteiger partial charge >= 0.3 is 5.97 Å². The van der Waals surface area contributed by atoms with Crippen LogP contribution in [0.1, 0.15) is 11.1 Å². The Morgan fingerprint density at radius 3 is 2.93 bits per heavy atom. The fourth-order valence-corrected chi connectivity index (χ4v) is 1.25. The third-order valence-corrected chi connectivity index (χ3v) is 1.99. The molecule has 78 valence electrons. The van der Waals surface area contributed by atoms with Crippen LogP contribution < -0.4 is 4.90 Å². The summed E-state index contributed by atoms with van der Waals surface area (Å²) in [5, 5.41) is 17.5. The van der Waals surface area contributed by atoms with E-state index in [1.54, 1.807) is 26.2 Å². The molecular formula is C10H11N3O2. The first kappa shape index (κ1) is 11.0. The third kappa shape index (κ3) is 2.44. The van der Waals surface area contributed by atoms with Crippen LogP contribution in [0, 0.1) is 18.3 Å². The number of nitrogens with zero attached hydrogens (tertiary/aromatic N) is 3. The minimum absolute atomic E-state index is 0.175. The van der Waals surface area contributed by atoms with Crippen LogP contribution in [-0.4, -0.2) is 29.7 Å². The summed E-state index contributed by atoms with van der Waals surface area (Å²) in [5.74, 6) is -0.551. The van der Waals surface area contributed by atoms with Gasteiger partial charge in [0, 0.05) is 13.2 Å². The van der Waals surface area contributed by atoms with Gasteiger partial charge < -0.3 is 10.0 Å². The van der Waals surface area contributed by atoms with Gasteiger partial charge in [0.2, 0.25) is 0 Å². The van der Waals surface area contributed by atoms with Crippen LogP contribution in [0.4, 0.5) is 5.82 Å². The molecule has 1 heterocycles. The number of aliphatic carboxylic acids is 1. The number of carboxylic acids is 1. The van der Waals surface area contributed by atoms with E-state index in [9.17, 15) is 4.79 Å². The second-order valence-corrected chi connectivity index (χ2v) is 3.19. The van der Waals surface area contributed by atoms with E-state index in [0.717, 1.165) is 5.56 Å². The highest BCUT2D eigenvalue weighted by Gasteiger charge is 2.13. The van der Waals surface area contributed by atoms with Crippen LogP contribution in [0.2, 0.25) is 0 Å². The average molecular weight is 205 g/mol. The third-order valence-electron chi connectivity index (χ3n) is 1.99. The van der Waals surface area contributed by atoms with Gasteiger partial charge in [-0.05, 0) is 18.6 Å². The summed E-state index contributed by atoms with van der Waals surface area (Å²) in [6.45, 7) is 1.61. The molecule has 1 N–H and O–H groups in total. The Morgan fingerprint density at radius 1 is 1.73 bits per heavy atom. The van der Waals surface area contributed by atoms with Crippen LogP contribution in [-0.2, 0) is 4.79 Å². The number of pyridine rings is 1. The largest absolute Gasteiger partial charge is 0.480 e. The van der Waals surface area contributed by atoms with Crippen molar-refractivity contribution in [3.63, 3.8) is 0 Å². The zero-order valence-corrected chi connectivity index (χ0v) is 8.56. The molecule has 0 saturated heterocycles. The Balaban J connectivity index is 3.09. The van der Waals surface area contributed by atoms with Crippen LogP contribution in [0.15, 0.2) is 12.3 Å². The molecule has 0 unspecified atom stereocenters. The molecule has 15 heavy (non-hydrogen) atoms. The lowest BCUT2D eigenvalue weighted by molar-refractivity contribution is -0.135. The average Bonchev–Trinajstić information content (AvgIpc) is 2.16. The quantitative estimate of drug-likeness (QED) is 0.789. The molecule has 0 atom stereocenters. The number of rotatable bonds is 3. The van der Waals surface area contributed by atoms with E-state index in [2.05, 4.69) is 4.98 Å². The summed E-state index contributed by atoms with van der Waals surface area (Å²) in [6, 6.07) is 3.74. The normalized spacial score (nSPS) is 9.40. The summed E-state index contributed by atoms with van der Waals surface area (Å²) >= 11 is 0. The Bertz CT molecular complexity index is 423. The van der Waals surface area contributed by atoms with Crippen LogP contribution >= 0.6 is 0 Å². The number of aryl methyl sites for hydroxylation is 1. The molecule has 5 nitrogen and oxygen atoms in total. The van der Waals surface area contributed by atoms with Gasteiger partial charge in [-0.25, -0.2) is 4.98 Å². The molecule has 0 bridgehead atoms. The van der Waals surface area contributed by atoms with Crippen molar-refractivity contribution in [2.75, 3.05) is 18.5 Å². The van der Waals surface area contributed by atoms with Gasteiger partial charge in [0.25, 0.3) is 0 Å². The van der Waals surface area contributed by atoms with E-state index in [4.69, 9.17) is 10.4 Å². The number of carboxylic acid groups (broad SMARTS) is 1. The summed E-state index contributed by atoms with van der Waals surface area (Å²) in [5.41, 5.74) is 1.21. The minimum atomic E-state index is -0.954. The molecule has 0 radical (unpaired) electrons. The van der Waals surface area contributed by atoms with Gasteiger partial charge in [0.05, 0.1) is 5.56 Å². The molecule has 0 aliphatic carbocycles. The molecule has 0 amide bonds. The van der Waals surface area contributed by atoms with Gasteiger partial charge in [0.1, 0.15) is 18.4 Å². The number of anilines is 1. The SMILES string of the molecule is Cc1ccnc(N(C)CC(=O)O)c1C#N. The highest BCUT2D eigenvalue weighted by Crippen LogP contribution is 2.18. The summed E-state index contributed by atoms with van der Waals surface area (Å²) in [4.78, 5) is 16.0. The first-order valence-corrected chi connectivity index (χ1v) is 4.35. The lowest BCUT2D eigenvalue weighted by Crippen LogP contribution is -2.26. The molecule has 0 aromatic carbocycles. The maximum atomic E-state index is 10.5. The lowest BCUT2D eigenvalue weighted by atomic mass is 10.1. The molecule has 5 heteroatoms. The van der Waals surface area contributed by atoms with Crippen molar-refractivity contribution >= 4 is 11.8 Å². The monoisotopic (exact) mass is 205 g/mol. The Labute approximate surface area is 87.6 Å². The Morgan fingerprint density at radius 2 is 2.40 bits per heavy atom. The number of likely N-dealkylation sites (N-methyl/N-ethyl adjacent to an activating group) is 1. The van der Waals surface area contributed by atoms with Gasteiger partial charge in [-0.2, -0.15) is 5.26 Å². The highest BCUT2D eigenvalue weighted by molar-refractivity contribution is 5.74. The molecule has 0 spiro atoms. The molecule has 0 aliphatic rings. The lowest BCUT2D eigenvalue weighted by Gasteiger charge is -2.17. The van der Waals surface area contributed by atoms with Crippen molar-refractivity contribution in [3.8, 4) is 6.07 Å². The van der Waals surface area contributed by atoms with Crippen molar-refractivity contribution < 1.29 is 9.90 Å². The maximum absolute atomic E-state index is 10.5. The smallest absolute Gasteiger partial charge is 0.323 e. The summed E-state index contributed by atoms with van der Waals surface area (Å²) in [6.07, 6.45) is 1.56. The topological polar surface area (TPSA) is 77.2 Å². The van der Waals surface area contributed by atoms with Crippen molar-refractivity contribution in [1.82, 2.24) is 4.98 Å². The van der Waals surface area contributed by atoms with E-state index in [1.807, 2.05) is 6.07 Å². The predicted molar refractivity (Wildman–Crippen MR) is 54.6 cm³/mol. The van der Waals surface area contributed by atoms with Crippen molar-refractivity contribution in [3.05, 3.63) is 23.4 Å². The van der Waals surface area contributed by atoms with E-state index in [1.165, 1.54) is 4.90 Å². The number of aromatic nitrogens is 1. The van der Waals surface area contributed by atoms with Crippen molar-refractivity contribution in [2.24, 2.45) is 0 Å². The van der Waals surface area contributed by atoms with Crippen LogP contribution in [0.25, 0.3) is 0 Å². The second kappa shape index (κ2) is 4.42. The molecular weight excluding hydrogens is 194 g/mol. The van der Waals surface area contributed by atoms with Crippen molar-refractivity contribution in [2.45, 2.75) is 6.92 Å². The first-order valence-electron chi connectivity index (χ1n) is 4.35. The summed E-state index contributed by atoms with van der Waals surface area (Å²) in [7, 11) is 1.59. The molecule has 1 aromatic heterocycles. The van der Waals surface area contributed by atoms with E-state index < -0.39 is 5.97 Å². The van der Waals surface area contributed by atoms with E-state index >= 15 is 0 Å². The van der Waals surface area contributed by atoms with Gasteiger partial charge in [-0.3, -0.25) is 4.79 Å². The standard InChI is InChI=1S/C10H11N3O2/c1-7-3-4-12-10(8(7)5-11)13(2)6-9(14)15/h3-4H,6H2,1-2H3,(H,14,15). The number of hydrogen-bond donors (Lipinski definition) is 1. The molecule has 0 fully saturated rings. The minimum Gasteiger partial charge on any atom is -0.480 e. The van der Waals surface area contributed by atoms with Crippen LogP contribution in [0.5, 0.6) is 0 Å². The zero-order chi connectivity index (χ0) is 11.4. The Kier molecular flexibility index (Phi) is 3.24. The van der Waals surface area contributed by atoms with E-state index in [-0.39, 0.29) is 6.54 Å². The number of hydrogen-bond acceptors (Lipinski definition) is 4. The fraction of sp³-hybridized carbons (Fsp3) is 0.300. The first-order chi connectivity index (χ1) is 7.06. The zero-order valence-electron chi connectivity index (χ0n) is 8.56. The maximum Gasteiger partial charge on any atom is 0.323 e. The van der Waals surface area contributed by atoms with E-state index in [0.29, 0.717) is 11.4 Å². The molecule has 1 aromatic rings. The van der Waals surface area contributed by atoms with Gasteiger partial charge in [-0.1, -0.05) is 0 Å².